The maximum Gasteiger partial charge on any atom is 0.0895 e. The summed E-state index contributed by atoms with van der Waals surface area (Å²) in [6, 6.07) is 0.412. The molecule has 2 atom stereocenters. The Morgan fingerprint density at radius 3 is 3.06 bits per heavy atom. The summed E-state index contributed by atoms with van der Waals surface area (Å²) in [5.41, 5.74) is 1.22. The van der Waals surface area contributed by atoms with E-state index in [0.29, 0.717) is 12.0 Å². The minimum atomic E-state index is 0.212. The van der Waals surface area contributed by atoms with Crippen molar-refractivity contribution < 1.29 is 4.74 Å². The van der Waals surface area contributed by atoms with E-state index in [1.54, 1.807) is 0 Å². The van der Waals surface area contributed by atoms with Gasteiger partial charge in [0.1, 0.15) is 0 Å². The molecule has 1 fully saturated rings. The van der Waals surface area contributed by atoms with E-state index >= 15 is 0 Å². The first-order valence-electron chi connectivity index (χ1n) is 6.52. The highest BCUT2D eigenvalue weighted by Crippen LogP contribution is 2.33. The third-order valence-corrected chi connectivity index (χ3v) is 3.39. The molecule has 0 spiro atoms. The Balaban J connectivity index is 2.11. The molecule has 1 aromatic heterocycles. The van der Waals surface area contributed by atoms with E-state index in [4.69, 9.17) is 4.74 Å². The van der Waals surface area contributed by atoms with Crippen molar-refractivity contribution in [2.24, 2.45) is 5.92 Å². The van der Waals surface area contributed by atoms with Gasteiger partial charge < -0.3 is 10.1 Å². The molecule has 0 amide bonds. The zero-order valence-electron chi connectivity index (χ0n) is 11.0. The predicted octanol–water partition coefficient (Wildman–Crippen LogP) is 2.15. The summed E-state index contributed by atoms with van der Waals surface area (Å²) in [4.78, 5) is 0. The fourth-order valence-corrected chi connectivity index (χ4v) is 2.47. The second-order valence-corrected chi connectivity index (χ2v) is 5.10. The smallest absolute Gasteiger partial charge is 0.0895 e. The summed E-state index contributed by atoms with van der Waals surface area (Å²) >= 11 is 0. The van der Waals surface area contributed by atoms with E-state index in [-0.39, 0.29) is 6.10 Å². The van der Waals surface area contributed by atoms with Crippen LogP contribution in [0.3, 0.4) is 0 Å². The molecular formula is C13H23N3O. The van der Waals surface area contributed by atoms with Crippen LogP contribution in [-0.4, -0.2) is 30.0 Å². The van der Waals surface area contributed by atoms with Gasteiger partial charge in [0.05, 0.1) is 12.3 Å². The number of hydrogen-bond acceptors (Lipinski definition) is 3. The quantitative estimate of drug-likeness (QED) is 0.872. The SMILES string of the molecule is CNCC1CCCOC1c1cnn(C(C)C)c1. The van der Waals surface area contributed by atoms with Gasteiger partial charge in [0.2, 0.25) is 0 Å². The number of nitrogens with zero attached hydrogens (tertiary/aromatic N) is 2. The van der Waals surface area contributed by atoms with Gasteiger partial charge in [-0.25, -0.2) is 0 Å². The molecule has 0 aromatic carbocycles. The molecule has 1 N–H and O–H groups in total. The number of hydrogen-bond donors (Lipinski definition) is 1. The Bertz CT molecular complexity index is 346. The number of nitrogens with one attached hydrogen (secondary N) is 1. The van der Waals surface area contributed by atoms with Gasteiger partial charge in [0.25, 0.3) is 0 Å². The Hall–Kier alpha value is -0.870. The van der Waals surface area contributed by atoms with Crippen molar-refractivity contribution in [2.75, 3.05) is 20.2 Å². The molecule has 1 aliphatic rings. The summed E-state index contributed by atoms with van der Waals surface area (Å²) in [6.07, 6.45) is 6.70. The van der Waals surface area contributed by atoms with Crippen LogP contribution in [0.15, 0.2) is 12.4 Å². The third-order valence-electron chi connectivity index (χ3n) is 3.39. The molecule has 1 saturated heterocycles. The number of ether oxygens (including phenoxy) is 1. The summed E-state index contributed by atoms with van der Waals surface area (Å²) in [6.45, 7) is 6.17. The lowest BCUT2D eigenvalue weighted by Gasteiger charge is -2.31. The summed E-state index contributed by atoms with van der Waals surface area (Å²) in [5.74, 6) is 0.568. The summed E-state index contributed by atoms with van der Waals surface area (Å²) in [5, 5.41) is 7.66. The van der Waals surface area contributed by atoms with E-state index in [1.165, 1.54) is 18.4 Å². The van der Waals surface area contributed by atoms with Gasteiger partial charge in [-0.3, -0.25) is 4.68 Å². The van der Waals surface area contributed by atoms with Crippen molar-refractivity contribution in [1.82, 2.24) is 15.1 Å². The molecule has 1 aromatic rings. The van der Waals surface area contributed by atoms with Gasteiger partial charge in [0, 0.05) is 36.9 Å². The predicted molar refractivity (Wildman–Crippen MR) is 68.0 cm³/mol. The monoisotopic (exact) mass is 237 g/mol. The van der Waals surface area contributed by atoms with Crippen molar-refractivity contribution in [1.29, 1.82) is 0 Å². The molecule has 0 bridgehead atoms. The highest BCUT2D eigenvalue weighted by molar-refractivity contribution is 5.11. The molecule has 2 rings (SSSR count). The van der Waals surface area contributed by atoms with Crippen LogP contribution in [0.25, 0.3) is 0 Å². The third kappa shape index (κ3) is 2.87. The van der Waals surface area contributed by atoms with Gasteiger partial charge in [-0.1, -0.05) is 0 Å². The van der Waals surface area contributed by atoms with Crippen molar-refractivity contribution in [2.45, 2.75) is 38.8 Å². The van der Waals surface area contributed by atoms with Gasteiger partial charge >= 0.3 is 0 Å². The molecule has 2 unspecified atom stereocenters. The van der Waals surface area contributed by atoms with Crippen LogP contribution in [0.4, 0.5) is 0 Å². The molecule has 4 nitrogen and oxygen atoms in total. The van der Waals surface area contributed by atoms with Crippen LogP contribution < -0.4 is 5.32 Å². The number of aromatic nitrogens is 2. The fraction of sp³-hybridized carbons (Fsp3) is 0.769. The summed E-state index contributed by atoms with van der Waals surface area (Å²) in [7, 11) is 2.00. The highest BCUT2D eigenvalue weighted by Gasteiger charge is 2.28. The van der Waals surface area contributed by atoms with Crippen molar-refractivity contribution in [3.05, 3.63) is 18.0 Å². The highest BCUT2D eigenvalue weighted by atomic mass is 16.5. The fourth-order valence-electron chi connectivity index (χ4n) is 2.47. The topological polar surface area (TPSA) is 39.1 Å². The van der Waals surface area contributed by atoms with Crippen LogP contribution in [0.2, 0.25) is 0 Å². The first kappa shape index (κ1) is 12.6. The largest absolute Gasteiger partial charge is 0.373 e. The zero-order valence-corrected chi connectivity index (χ0v) is 11.0. The lowest BCUT2D eigenvalue weighted by Crippen LogP contribution is -2.30. The van der Waals surface area contributed by atoms with Crippen molar-refractivity contribution in [3.8, 4) is 0 Å². The van der Waals surface area contributed by atoms with E-state index < -0.39 is 0 Å². The first-order valence-corrected chi connectivity index (χ1v) is 6.52. The van der Waals surface area contributed by atoms with E-state index in [1.807, 2.05) is 17.9 Å². The molecule has 96 valence electrons. The minimum absolute atomic E-state index is 0.212. The molecule has 17 heavy (non-hydrogen) atoms. The Labute approximate surface area is 103 Å². The molecule has 0 aliphatic carbocycles. The summed E-state index contributed by atoms with van der Waals surface area (Å²) < 4.78 is 7.93. The average molecular weight is 237 g/mol. The molecule has 0 saturated carbocycles. The van der Waals surface area contributed by atoms with E-state index in [9.17, 15) is 0 Å². The van der Waals surface area contributed by atoms with Crippen molar-refractivity contribution in [3.63, 3.8) is 0 Å². The number of rotatable bonds is 4. The molecular weight excluding hydrogens is 214 g/mol. The van der Waals surface area contributed by atoms with Gasteiger partial charge in [-0.2, -0.15) is 5.10 Å². The lowest BCUT2D eigenvalue weighted by molar-refractivity contribution is -0.0273. The van der Waals surface area contributed by atoms with Crippen LogP contribution in [-0.2, 0) is 4.74 Å². The van der Waals surface area contributed by atoms with Gasteiger partial charge in [0.15, 0.2) is 0 Å². The van der Waals surface area contributed by atoms with Crippen LogP contribution in [0.1, 0.15) is 44.4 Å². The van der Waals surface area contributed by atoms with Gasteiger partial charge in [-0.05, 0) is 33.7 Å². The molecule has 4 heteroatoms. The normalized spacial score (nSPS) is 25.4. The maximum absolute atomic E-state index is 5.93. The molecule has 0 radical (unpaired) electrons. The van der Waals surface area contributed by atoms with E-state index in [2.05, 4.69) is 30.5 Å². The second kappa shape index (κ2) is 5.65. The molecule has 1 aliphatic heterocycles. The molecule has 2 heterocycles. The Morgan fingerprint density at radius 1 is 1.59 bits per heavy atom. The maximum atomic E-state index is 5.93. The van der Waals surface area contributed by atoms with E-state index in [0.717, 1.165) is 13.2 Å². The second-order valence-electron chi connectivity index (χ2n) is 5.10. The zero-order chi connectivity index (χ0) is 12.3. The Morgan fingerprint density at radius 2 is 2.41 bits per heavy atom. The Kier molecular flexibility index (Phi) is 4.18. The van der Waals surface area contributed by atoms with Crippen LogP contribution >= 0.6 is 0 Å². The first-order chi connectivity index (χ1) is 8.22. The van der Waals surface area contributed by atoms with Gasteiger partial charge in [-0.15, -0.1) is 0 Å². The lowest BCUT2D eigenvalue weighted by atomic mass is 9.91. The van der Waals surface area contributed by atoms with Crippen LogP contribution in [0, 0.1) is 5.92 Å². The van der Waals surface area contributed by atoms with Crippen molar-refractivity contribution >= 4 is 0 Å². The average Bonchev–Trinajstić information content (AvgIpc) is 2.79. The standard InChI is InChI=1S/C13H23N3O/c1-10(2)16-9-12(8-15-16)13-11(7-14-3)5-4-6-17-13/h8-11,13-14H,4-7H2,1-3H3. The van der Waals surface area contributed by atoms with Crippen LogP contribution in [0.5, 0.6) is 0 Å². The minimum Gasteiger partial charge on any atom is -0.373 e.